The minimum absolute atomic E-state index is 0.00678. The maximum atomic E-state index is 12.8. The van der Waals surface area contributed by atoms with Gasteiger partial charge in [-0.15, -0.1) is 0 Å². The molecule has 9 heteroatoms. The fraction of sp³-hybridized carbons (Fsp3) is 0.269. The van der Waals surface area contributed by atoms with Crippen molar-refractivity contribution >= 4 is 44.7 Å². The summed E-state index contributed by atoms with van der Waals surface area (Å²) in [5.74, 6) is 0.817. The van der Waals surface area contributed by atoms with Gasteiger partial charge in [-0.25, -0.2) is 0 Å². The SMILES string of the molecule is CCN(CC)C(=O)Cn1cc(/C=C(\C#N)C(=O)NCc2ccc3c(c2)OCO3)c2cc(Br)ccc21. The van der Waals surface area contributed by atoms with Crippen LogP contribution in [0, 0.1) is 11.3 Å². The predicted octanol–water partition coefficient (Wildman–Crippen LogP) is 4.22. The number of nitrogens with zero attached hydrogens (tertiary/aromatic N) is 3. The third-order valence-corrected chi connectivity index (χ3v) is 6.34. The summed E-state index contributed by atoms with van der Waals surface area (Å²) >= 11 is 3.49. The number of fused-ring (bicyclic) bond motifs is 2. The van der Waals surface area contributed by atoms with E-state index in [0.717, 1.165) is 20.9 Å². The van der Waals surface area contributed by atoms with E-state index in [4.69, 9.17) is 9.47 Å². The van der Waals surface area contributed by atoms with Gasteiger partial charge in [0.1, 0.15) is 18.2 Å². The third kappa shape index (κ3) is 5.33. The minimum atomic E-state index is -0.486. The van der Waals surface area contributed by atoms with Gasteiger partial charge in [-0.05, 0) is 55.8 Å². The number of nitriles is 1. The van der Waals surface area contributed by atoms with Crippen LogP contribution in [0.3, 0.4) is 0 Å². The van der Waals surface area contributed by atoms with Crippen molar-refractivity contribution in [3.63, 3.8) is 0 Å². The Morgan fingerprint density at radius 2 is 1.94 bits per heavy atom. The van der Waals surface area contributed by atoms with Crippen LogP contribution in [0.4, 0.5) is 0 Å². The number of nitrogens with one attached hydrogen (secondary N) is 1. The van der Waals surface area contributed by atoms with Crippen molar-refractivity contribution in [2.24, 2.45) is 0 Å². The molecule has 0 bridgehead atoms. The molecule has 0 radical (unpaired) electrons. The van der Waals surface area contributed by atoms with E-state index in [9.17, 15) is 14.9 Å². The second-order valence-electron chi connectivity index (χ2n) is 7.98. The summed E-state index contributed by atoms with van der Waals surface area (Å²) in [7, 11) is 0. The molecule has 0 saturated carbocycles. The summed E-state index contributed by atoms with van der Waals surface area (Å²) in [6.45, 7) is 5.75. The number of benzene rings is 2. The molecule has 180 valence electrons. The van der Waals surface area contributed by atoms with Crippen molar-refractivity contribution in [2.45, 2.75) is 26.9 Å². The number of aromatic nitrogens is 1. The molecule has 2 heterocycles. The van der Waals surface area contributed by atoms with Crippen molar-refractivity contribution < 1.29 is 19.1 Å². The number of carbonyl (C=O) groups excluding carboxylic acids is 2. The average molecular weight is 537 g/mol. The van der Waals surface area contributed by atoms with Gasteiger partial charge in [0.2, 0.25) is 12.7 Å². The molecule has 0 aliphatic carbocycles. The lowest BCUT2D eigenvalue weighted by molar-refractivity contribution is -0.131. The smallest absolute Gasteiger partial charge is 0.262 e. The van der Waals surface area contributed by atoms with Crippen LogP contribution in [0.5, 0.6) is 11.5 Å². The Balaban J connectivity index is 1.58. The van der Waals surface area contributed by atoms with Gasteiger partial charge in [0.05, 0.1) is 0 Å². The molecule has 35 heavy (non-hydrogen) atoms. The number of hydrogen-bond acceptors (Lipinski definition) is 5. The van der Waals surface area contributed by atoms with E-state index in [-0.39, 0.29) is 31.4 Å². The number of likely N-dealkylation sites (N-methyl/N-ethyl adjacent to an activating group) is 1. The van der Waals surface area contributed by atoms with Gasteiger partial charge in [-0.3, -0.25) is 9.59 Å². The van der Waals surface area contributed by atoms with E-state index in [1.165, 1.54) is 0 Å². The highest BCUT2D eigenvalue weighted by atomic mass is 79.9. The number of rotatable bonds is 8. The van der Waals surface area contributed by atoms with Crippen molar-refractivity contribution in [3.05, 3.63) is 63.8 Å². The predicted molar refractivity (Wildman–Crippen MR) is 136 cm³/mol. The highest BCUT2D eigenvalue weighted by Gasteiger charge is 2.17. The largest absolute Gasteiger partial charge is 0.454 e. The van der Waals surface area contributed by atoms with Crippen LogP contribution in [0.15, 0.2) is 52.6 Å². The summed E-state index contributed by atoms with van der Waals surface area (Å²) in [5.41, 5.74) is 2.33. The Bertz CT molecular complexity index is 1350. The van der Waals surface area contributed by atoms with Gasteiger partial charge in [0, 0.05) is 46.8 Å². The van der Waals surface area contributed by atoms with Crippen LogP contribution in [0.25, 0.3) is 17.0 Å². The second kappa shape index (κ2) is 10.7. The fourth-order valence-corrected chi connectivity index (χ4v) is 4.36. The zero-order valence-electron chi connectivity index (χ0n) is 19.5. The first-order chi connectivity index (χ1) is 16.9. The Morgan fingerprint density at radius 3 is 2.69 bits per heavy atom. The van der Waals surface area contributed by atoms with E-state index in [0.29, 0.717) is 30.2 Å². The van der Waals surface area contributed by atoms with Crippen LogP contribution in [-0.4, -0.2) is 41.2 Å². The molecule has 0 spiro atoms. The van der Waals surface area contributed by atoms with Gasteiger partial charge >= 0.3 is 0 Å². The lowest BCUT2D eigenvalue weighted by atomic mass is 10.1. The van der Waals surface area contributed by atoms with Crippen LogP contribution < -0.4 is 14.8 Å². The van der Waals surface area contributed by atoms with Crippen LogP contribution in [-0.2, 0) is 22.7 Å². The van der Waals surface area contributed by atoms with Gasteiger partial charge in [-0.2, -0.15) is 5.26 Å². The van der Waals surface area contributed by atoms with E-state index >= 15 is 0 Å². The third-order valence-electron chi connectivity index (χ3n) is 5.85. The molecule has 2 aromatic carbocycles. The second-order valence-corrected chi connectivity index (χ2v) is 8.90. The molecule has 2 amide bonds. The van der Waals surface area contributed by atoms with Gasteiger partial charge < -0.3 is 24.3 Å². The van der Waals surface area contributed by atoms with Crippen LogP contribution >= 0.6 is 15.9 Å². The van der Waals surface area contributed by atoms with Crippen molar-refractivity contribution in [2.75, 3.05) is 19.9 Å². The molecule has 4 rings (SSSR count). The van der Waals surface area contributed by atoms with Crippen molar-refractivity contribution in [3.8, 4) is 17.6 Å². The zero-order valence-corrected chi connectivity index (χ0v) is 21.1. The highest BCUT2D eigenvalue weighted by molar-refractivity contribution is 9.10. The maximum Gasteiger partial charge on any atom is 0.262 e. The Kier molecular flexibility index (Phi) is 7.42. The molecule has 1 N–H and O–H groups in total. The number of carbonyl (C=O) groups is 2. The zero-order chi connectivity index (χ0) is 24.9. The number of halogens is 1. The first-order valence-electron chi connectivity index (χ1n) is 11.3. The molecule has 1 aromatic heterocycles. The van der Waals surface area contributed by atoms with E-state index < -0.39 is 5.91 Å². The number of ether oxygens (including phenoxy) is 2. The standard InChI is InChI=1S/C26H25BrN4O4/c1-3-30(4-2)25(32)15-31-14-19(21-11-20(27)6-7-22(21)31)10-18(12-28)26(33)29-13-17-5-8-23-24(9-17)35-16-34-23/h5-11,14H,3-4,13,15-16H2,1-2H3,(H,29,33)/b18-10+. The summed E-state index contributed by atoms with van der Waals surface area (Å²) in [4.78, 5) is 27.3. The first kappa shape index (κ1) is 24.4. The Hall–Kier alpha value is -3.77. The number of amides is 2. The Morgan fingerprint density at radius 1 is 1.17 bits per heavy atom. The quantitative estimate of drug-likeness (QED) is 0.343. The van der Waals surface area contributed by atoms with Gasteiger partial charge in [0.25, 0.3) is 5.91 Å². The maximum absolute atomic E-state index is 12.8. The lowest BCUT2D eigenvalue weighted by Crippen LogP contribution is -2.33. The van der Waals surface area contributed by atoms with Crippen molar-refractivity contribution in [1.29, 1.82) is 5.26 Å². The molecule has 0 atom stereocenters. The van der Waals surface area contributed by atoms with Crippen molar-refractivity contribution in [1.82, 2.24) is 14.8 Å². The topological polar surface area (TPSA) is 96.6 Å². The first-order valence-corrected chi connectivity index (χ1v) is 12.1. The molecule has 8 nitrogen and oxygen atoms in total. The molecule has 1 aliphatic heterocycles. The monoisotopic (exact) mass is 536 g/mol. The Labute approximate surface area is 211 Å². The average Bonchev–Trinajstić information content (AvgIpc) is 3.45. The molecular formula is C26H25BrN4O4. The number of hydrogen-bond donors (Lipinski definition) is 1. The van der Waals surface area contributed by atoms with Crippen LogP contribution in [0.2, 0.25) is 0 Å². The molecule has 3 aromatic rings. The van der Waals surface area contributed by atoms with E-state index in [1.807, 2.05) is 48.7 Å². The molecule has 0 fully saturated rings. The summed E-state index contributed by atoms with van der Waals surface area (Å²) in [5, 5.41) is 13.3. The lowest BCUT2D eigenvalue weighted by Gasteiger charge is -2.19. The summed E-state index contributed by atoms with van der Waals surface area (Å²) in [6.07, 6.45) is 3.36. The molecule has 1 aliphatic rings. The summed E-state index contributed by atoms with van der Waals surface area (Å²) in [6, 6.07) is 13.2. The minimum Gasteiger partial charge on any atom is -0.454 e. The van der Waals surface area contributed by atoms with E-state index in [2.05, 4.69) is 21.2 Å². The molecule has 0 unspecified atom stereocenters. The normalized spacial score (nSPS) is 12.5. The molecular weight excluding hydrogens is 512 g/mol. The molecule has 0 saturated heterocycles. The van der Waals surface area contributed by atoms with Crippen LogP contribution in [0.1, 0.15) is 25.0 Å². The summed E-state index contributed by atoms with van der Waals surface area (Å²) < 4.78 is 13.4. The highest BCUT2D eigenvalue weighted by Crippen LogP contribution is 2.32. The van der Waals surface area contributed by atoms with Gasteiger partial charge in [0.15, 0.2) is 11.5 Å². The fourth-order valence-electron chi connectivity index (χ4n) is 4.00. The van der Waals surface area contributed by atoms with E-state index in [1.54, 1.807) is 29.3 Å². The van der Waals surface area contributed by atoms with Gasteiger partial charge in [-0.1, -0.05) is 22.0 Å².